The molecule has 0 aliphatic heterocycles. The van der Waals surface area contributed by atoms with Crippen molar-refractivity contribution in [3.8, 4) is 11.5 Å². The SMILES string of the molecule is CCNC(C)c1ccc(Oc2cc(F)ccc2F)cn1. The lowest BCUT2D eigenvalue weighted by Gasteiger charge is -2.12. The van der Waals surface area contributed by atoms with Crippen molar-refractivity contribution in [3.63, 3.8) is 0 Å². The summed E-state index contributed by atoms with van der Waals surface area (Å²) < 4.78 is 31.8. The summed E-state index contributed by atoms with van der Waals surface area (Å²) in [5.74, 6) is -0.954. The van der Waals surface area contributed by atoms with Gasteiger partial charge in [-0.2, -0.15) is 0 Å². The van der Waals surface area contributed by atoms with E-state index in [9.17, 15) is 8.78 Å². The second-order valence-corrected chi connectivity index (χ2v) is 4.37. The van der Waals surface area contributed by atoms with Gasteiger partial charge >= 0.3 is 0 Å². The van der Waals surface area contributed by atoms with Crippen molar-refractivity contribution < 1.29 is 13.5 Å². The average molecular weight is 278 g/mol. The number of halogens is 2. The molecular weight excluding hydrogens is 262 g/mol. The molecule has 3 nitrogen and oxygen atoms in total. The molecule has 2 aromatic rings. The largest absolute Gasteiger partial charge is 0.453 e. The Labute approximate surface area is 116 Å². The second-order valence-electron chi connectivity index (χ2n) is 4.37. The van der Waals surface area contributed by atoms with Crippen molar-refractivity contribution in [2.45, 2.75) is 19.9 Å². The maximum Gasteiger partial charge on any atom is 0.166 e. The van der Waals surface area contributed by atoms with E-state index in [-0.39, 0.29) is 11.8 Å². The molecule has 1 unspecified atom stereocenters. The minimum atomic E-state index is -0.614. The van der Waals surface area contributed by atoms with Gasteiger partial charge in [0.2, 0.25) is 0 Å². The third-order valence-corrected chi connectivity index (χ3v) is 2.83. The van der Waals surface area contributed by atoms with Crippen LogP contribution in [0, 0.1) is 11.6 Å². The standard InChI is InChI=1S/C15H16F2N2O/c1-3-18-10(2)14-7-5-12(9-19-14)20-15-8-11(16)4-6-13(15)17/h4-10,18H,3H2,1-2H3. The molecule has 2 rings (SSSR count). The highest BCUT2D eigenvalue weighted by Crippen LogP contribution is 2.25. The van der Waals surface area contributed by atoms with Gasteiger partial charge in [-0.1, -0.05) is 6.92 Å². The number of nitrogens with zero attached hydrogens (tertiary/aromatic N) is 1. The van der Waals surface area contributed by atoms with E-state index in [4.69, 9.17) is 4.74 Å². The summed E-state index contributed by atoms with van der Waals surface area (Å²) >= 11 is 0. The van der Waals surface area contributed by atoms with Crippen molar-refractivity contribution in [2.24, 2.45) is 0 Å². The van der Waals surface area contributed by atoms with Crippen LogP contribution >= 0.6 is 0 Å². The van der Waals surface area contributed by atoms with Crippen LogP contribution in [0.15, 0.2) is 36.5 Å². The summed E-state index contributed by atoms with van der Waals surface area (Å²) in [5.41, 5.74) is 0.860. The third kappa shape index (κ3) is 3.51. The Kier molecular flexibility index (Phi) is 4.63. The van der Waals surface area contributed by atoms with Crippen LogP contribution in [0.3, 0.4) is 0 Å². The lowest BCUT2D eigenvalue weighted by atomic mass is 10.2. The molecule has 0 fully saturated rings. The lowest BCUT2D eigenvalue weighted by molar-refractivity contribution is 0.434. The van der Waals surface area contributed by atoms with Gasteiger partial charge in [0.25, 0.3) is 0 Å². The van der Waals surface area contributed by atoms with Crippen molar-refractivity contribution in [3.05, 3.63) is 53.9 Å². The molecule has 0 radical (unpaired) electrons. The van der Waals surface area contributed by atoms with E-state index in [0.717, 1.165) is 30.4 Å². The highest BCUT2D eigenvalue weighted by atomic mass is 19.1. The Morgan fingerprint density at radius 3 is 2.70 bits per heavy atom. The highest BCUT2D eigenvalue weighted by molar-refractivity contribution is 5.31. The fraction of sp³-hybridized carbons (Fsp3) is 0.267. The molecule has 106 valence electrons. The first-order chi connectivity index (χ1) is 9.60. The molecule has 1 N–H and O–H groups in total. The molecule has 1 atom stereocenters. The molecule has 0 bridgehead atoms. The van der Waals surface area contributed by atoms with Gasteiger partial charge in [0.1, 0.15) is 11.6 Å². The van der Waals surface area contributed by atoms with E-state index in [1.54, 1.807) is 12.1 Å². The van der Waals surface area contributed by atoms with Crippen LogP contribution in [-0.2, 0) is 0 Å². The number of benzene rings is 1. The molecule has 0 aliphatic rings. The van der Waals surface area contributed by atoms with Gasteiger partial charge in [0.05, 0.1) is 11.9 Å². The Morgan fingerprint density at radius 2 is 2.05 bits per heavy atom. The smallest absolute Gasteiger partial charge is 0.166 e. The number of hydrogen-bond donors (Lipinski definition) is 1. The first-order valence-electron chi connectivity index (χ1n) is 6.42. The van der Waals surface area contributed by atoms with E-state index in [1.807, 2.05) is 13.8 Å². The Bertz CT molecular complexity index is 573. The summed E-state index contributed by atoms with van der Waals surface area (Å²) in [6.45, 7) is 4.86. The fourth-order valence-corrected chi connectivity index (χ4v) is 1.80. The number of nitrogens with one attached hydrogen (secondary N) is 1. The van der Waals surface area contributed by atoms with Gasteiger partial charge in [0, 0.05) is 12.1 Å². The molecule has 0 spiro atoms. The monoisotopic (exact) mass is 278 g/mol. The van der Waals surface area contributed by atoms with E-state index >= 15 is 0 Å². The van der Waals surface area contributed by atoms with Crippen LogP contribution < -0.4 is 10.1 Å². The maximum absolute atomic E-state index is 13.4. The van der Waals surface area contributed by atoms with Gasteiger partial charge in [-0.3, -0.25) is 4.98 Å². The summed E-state index contributed by atoms with van der Waals surface area (Å²) in [6, 6.07) is 6.67. The van der Waals surface area contributed by atoms with Gasteiger partial charge in [0.15, 0.2) is 11.6 Å². The first-order valence-corrected chi connectivity index (χ1v) is 6.42. The number of rotatable bonds is 5. The number of aromatic nitrogens is 1. The lowest BCUT2D eigenvalue weighted by Crippen LogP contribution is -2.18. The first kappa shape index (κ1) is 14.4. The van der Waals surface area contributed by atoms with E-state index < -0.39 is 11.6 Å². The number of ether oxygens (including phenoxy) is 1. The van der Waals surface area contributed by atoms with Crippen LogP contribution in [0.1, 0.15) is 25.6 Å². The minimum Gasteiger partial charge on any atom is -0.453 e. The molecule has 0 saturated carbocycles. The highest BCUT2D eigenvalue weighted by Gasteiger charge is 2.08. The molecular formula is C15H16F2N2O. The molecule has 1 aromatic carbocycles. The summed E-state index contributed by atoms with van der Waals surface area (Å²) in [6.07, 6.45) is 1.49. The summed E-state index contributed by atoms with van der Waals surface area (Å²) in [7, 11) is 0. The fourth-order valence-electron chi connectivity index (χ4n) is 1.80. The molecule has 0 amide bonds. The van der Waals surface area contributed by atoms with Crippen LogP contribution in [0.5, 0.6) is 11.5 Å². The summed E-state index contributed by atoms with van der Waals surface area (Å²) in [4.78, 5) is 4.24. The van der Waals surface area contributed by atoms with Crippen molar-refractivity contribution in [2.75, 3.05) is 6.54 Å². The molecule has 20 heavy (non-hydrogen) atoms. The molecule has 1 aromatic heterocycles. The predicted molar refractivity (Wildman–Crippen MR) is 72.8 cm³/mol. The van der Waals surface area contributed by atoms with Gasteiger partial charge in [-0.25, -0.2) is 8.78 Å². The predicted octanol–water partition coefficient (Wildman–Crippen LogP) is 3.82. The third-order valence-electron chi connectivity index (χ3n) is 2.83. The van der Waals surface area contributed by atoms with Crippen LogP contribution in [0.25, 0.3) is 0 Å². The second kappa shape index (κ2) is 6.43. The molecule has 5 heteroatoms. The van der Waals surface area contributed by atoms with E-state index in [2.05, 4.69) is 10.3 Å². The maximum atomic E-state index is 13.4. The topological polar surface area (TPSA) is 34.1 Å². The minimum absolute atomic E-state index is 0.125. The van der Waals surface area contributed by atoms with Crippen molar-refractivity contribution in [1.82, 2.24) is 10.3 Å². The van der Waals surface area contributed by atoms with Crippen LogP contribution in [0.2, 0.25) is 0 Å². The zero-order chi connectivity index (χ0) is 14.5. The van der Waals surface area contributed by atoms with Gasteiger partial charge in [-0.05, 0) is 37.7 Å². The van der Waals surface area contributed by atoms with Crippen molar-refractivity contribution >= 4 is 0 Å². The molecule has 0 saturated heterocycles. The van der Waals surface area contributed by atoms with Crippen molar-refractivity contribution in [1.29, 1.82) is 0 Å². The Hall–Kier alpha value is -2.01. The Balaban J connectivity index is 2.12. The molecule has 0 aliphatic carbocycles. The van der Waals surface area contributed by atoms with Crippen LogP contribution in [-0.4, -0.2) is 11.5 Å². The Morgan fingerprint density at radius 1 is 1.25 bits per heavy atom. The quantitative estimate of drug-likeness (QED) is 0.902. The summed E-state index contributed by atoms with van der Waals surface area (Å²) in [5, 5.41) is 3.23. The van der Waals surface area contributed by atoms with E-state index in [0.29, 0.717) is 5.75 Å². The van der Waals surface area contributed by atoms with Crippen LogP contribution in [0.4, 0.5) is 8.78 Å². The number of pyridine rings is 1. The normalized spacial score (nSPS) is 12.2. The van der Waals surface area contributed by atoms with Gasteiger partial charge < -0.3 is 10.1 Å². The molecule has 1 heterocycles. The van der Waals surface area contributed by atoms with E-state index in [1.165, 1.54) is 6.20 Å². The van der Waals surface area contributed by atoms with Gasteiger partial charge in [-0.15, -0.1) is 0 Å². The zero-order valence-electron chi connectivity index (χ0n) is 11.4. The zero-order valence-corrected chi connectivity index (χ0v) is 11.4. The number of hydrogen-bond acceptors (Lipinski definition) is 3. The average Bonchev–Trinajstić information content (AvgIpc) is 2.44.